The normalized spacial score (nSPS) is 17.1. The zero-order chi connectivity index (χ0) is 20.6. The van der Waals surface area contributed by atoms with E-state index < -0.39 is 23.5 Å². The summed E-state index contributed by atoms with van der Waals surface area (Å²) in [6, 6.07) is 9.36. The number of aromatic nitrogens is 3. The summed E-state index contributed by atoms with van der Waals surface area (Å²) in [6.45, 7) is 0.893. The van der Waals surface area contributed by atoms with Crippen LogP contribution in [0.25, 0.3) is 4.96 Å². The molecule has 3 heterocycles. The van der Waals surface area contributed by atoms with Crippen LogP contribution in [0.4, 0.5) is 18.3 Å². The van der Waals surface area contributed by atoms with E-state index >= 15 is 0 Å². The topological polar surface area (TPSA) is 79.6 Å². The van der Waals surface area contributed by atoms with Crippen molar-refractivity contribution >= 4 is 27.3 Å². The predicted octanol–water partition coefficient (Wildman–Crippen LogP) is 2.46. The highest BCUT2D eigenvalue weighted by Crippen LogP contribution is 2.31. The van der Waals surface area contributed by atoms with E-state index in [1.807, 2.05) is 30.3 Å². The van der Waals surface area contributed by atoms with E-state index in [-0.39, 0.29) is 10.9 Å². The van der Waals surface area contributed by atoms with Crippen LogP contribution in [-0.2, 0) is 17.5 Å². The number of fused-ring (bicyclic) bond motifs is 1. The van der Waals surface area contributed by atoms with Crippen molar-refractivity contribution in [1.29, 1.82) is 0 Å². The molecule has 0 saturated carbocycles. The first-order chi connectivity index (χ1) is 13.8. The fourth-order valence-electron chi connectivity index (χ4n) is 3.23. The molecule has 1 amide bonds. The molecule has 0 aliphatic carbocycles. The Morgan fingerprint density at radius 1 is 1.28 bits per heavy atom. The van der Waals surface area contributed by atoms with E-state index in [2.05, 4.69) is 15.4 Å². The van der Waals surface area contributed by atoms with Gasteiger partial charge in [-0.1, -0.05) is 41.7 Å². The van der Waals surface area contributed by atoms with Crippen LogP contribution in [0.2, 0.25) is 0 Å². The number of halogens is 3. The van der Waals surface area contributed by atoms with Crippen LogP contribution in [0, 0.1) is 0 Å². The SMILES string of the molecule is O=C(NCc1ccccc1)C1CCCN1c1nn2c(=O)cc(C(F)(F)F)nc2s1. The molecule has 7 nitrogen and oxygen atoms in total. The zero-order valence-electron chi connectivity index (χ0n) is 15.0. The fraction of sp³-hybridized carbons (Fsp3) is 0.333. The van der Waals surface area contributed by atoms with Crippen LogP contribution in [0.3, 0.4) is 0 Å². The molecule has 0 radical (unpaired) electrons. The Hall–Kier alpha value is -2.95. The lowest BCUT2D eigenvalue weighted by molar-refractivity contribution is -0.141. The number of hydrogen-bond donors (Lipinski definition) is 1. The van der Waals surface area contributed by atoms with Crippen molar-refractivity contribution in [3.8, 4) is 0 Å². The Balaban J connectivity index is 1.56. The van der Waals surface area contributed by atoms with Gasteiger partial charge in [-0.3, -0.25) is 9.59 Å². The van der Waals surface area contributed by atoms with Gasteiger partial charge in [-0.25, -0.2) is 4.98 Å². The van der Waals surface area contributed by atoms with E-state index in [1.165, 1.54) is 0 Å². The zero-order valence-corrected chi connectivity index (χ0v) is 15.8. The van der Waals surface area contributed by atoms with Crippen molar-refractivity contribution < 1.29 is 18.0 Å². The van der Waals surface area contributed by atoms with Crippen LogP contribution >= 0.6 is 11.3 Å². The van der Waals surface area contributed by atoms with Gasteiger partial charge in [0, 0.05) is 19.2 Å². The van der Waals surface area contributed by atoms with Crippen molar-refractivity contribution in [2.45, 2.75) is 31.6 Å². The van der Waals surface area contributed by atoms with E-state index in [4.69, 9.17) is 0 Å². The second-order valence-corrected chi connectivity index (χ2v) is 7.55. The van der Waals surface area contributed by atoms with E-state index in [1.54, 1.807) is 4.90 Å². The number of nitrogens with one attached hydrogen (secondary N) is 1. The first-order valence-corrected chi connectivity index (χ1v) is 9.71. The molecule has 1 N–H and O–H groups in total. The summed E-state index contributed by atoms with van der Waals surface area (Å²) in [5.41, 5.74) is -1.20. The summed E-state index contributed by atoms with van der Waals surface area (Å²) in [6.07, 6.45) is -3.40. The largest absolute Gasteiger partial charge is 0.433 e. The Labute approximate surface area is 166 Å². The molecule has 29 heavy (non-hydrogen) atoms. The van der Waals surface area contributed by atoms with Gasteiger partial charge >= 0.3 is 6.18 Å². The second kappa shape index (κ2) is 7.47. The molecule has 152 valence electrons. The molecule has 2 aromatic heterocycles. The quantitative estimate of drug-likeness (QED) is 0.698. The van der Waals surface area contributed by atoms with Gasteiger partial charge in [0.15, 0.2) is 5.69 Å². The summed E-state index contributed by atoms with van der Waals surface area (Å²) in [5, 5.41) is 7.28. The smallest absolute Gasteiger partial charge is 0.350 e. The maximum absolute atomic E-state index is 12.9. The van der Waals surface area contributed by atoms with Crippen LogP contribution in [-0.4, -0.2) is 33.1 Å². The standard InChI is InChI=1S/C18H16F3N5O2S/c19-18(20,21)13-9-14(27)26-16(23-13)29-17(24-26)25-8-4-7-12(25)15(28)22-10-11-5-2-1-3-6-11/h1-3,5-6,9,12H,4,7-8,10H2,(H,22,28). The lowest BCUT2D eigenvalue weighted by Crippen LogP contribution is -2.43. The highest BCUT2D eigenvalue weighted by Gasteiger charge is 2.35. The number of nitrogens with zero attached hydrogens (tertiary/aromatic N) is 4. The highest BCUT2D eigenvalue weighted by atomic mass is 32.1. The minimum atomic E-state index is -4.72. The van der Waals surface area contributed by atoms with Crippen LogP contribution in [0.15, 0.2) is 41.2 Å². The predicted molar refractivity (Wildman–Crippen MR) is 101 cm³/mol. The van der Waals surface area contributed by atoms with Gasteiger partial charge in [0.1, 0.15) is 6.04 Å². The van der Waals surface area contributed by atoms with Gasteiger partial charge in [0.2, 0.25) is 16.0 Å². The van der Waals surface area contributed by atoms with E-state index in [0.29, 0.717) is 30.7 Å². The molecule has 1 saturated heterocycles. The third kappa shape index (κ3) is 3.95. The Kier molecular flexibility index (Phi) is 4.99. The van der Waals surface area contributed by atoms with Crippen molar-refractivity contribution in [2.75, 3.05) is 11.4 Å². The third-order valence-corrected chi connectivity index (χ3v) is 5.58. The van der Waals surface area contributed by atoms with Crippen molar-refractivity contribution in [2.24, 2.45) is 0 Å². The third-order valence-electron chi connectivity index (χ3n) is 4.64. The molecule has 0 bridgehead atoms. The maximum atomic E-state index is 12.9. The average molecular weight is 423 g/mol. The molecular weight excluding hydrogens is 407 g/mol. The van der Waals surface area contributed by atoms with Crippen LogP contribution in [0.5, 0.6) is 0 Å². The molecule has 11 heteroatoms. The number of carbonyl (C=O) groups excluding carboxylic acids is 1. The molecule has 1 aliphatic rings. The first kappa shape index (κ1) is 19.4. The number of benzene rings is 1. The molecule has 1 atom stereocenters. The van der Waals surface area contributed by atoms with Gasteiger partial charge in [0.25, 0.3) is 5.56 Å². The monoisotopic (exact) mass is 423 g/mol. The van der Waals surface area contributed by atoms with Crippen LogP contribution < -0.4 is 15.8 Å². The Morgan fingerprint density at radius 3 is 2.76 bits per heavy atom. The molecule has 1 unspecified atom stereocenters. The molecule has 1 aromatic carbocycles. The number of alkyl halides is 3. The van der Waals surface area contributed by atoms with Gasteiger partial charge in [-0.05, 0) is 18.4 Å². The van der Waals surface area contributed by atoms with Crippen molar-refractivity contribution in [1.82, 2.24) is 19.9 Å². The number of carbonyl (C=O) groups is 1. The number of anilines is 1. The van der Waals surface area contributed by atoms with Gasteiger partial charge in [-0.2, -0.15) is 17.7 Å². The van der Waals surface area contributed by atoms with Crippen molar-refractivity contribution in [3.05, 3.63) is 58.0 Å². The number of amides is 1. The fourth-order valence-corrected chi connectivity index (χ4v) is 4.22. The number of hydrogen-bond acceptors (Lipinski definition) is 6. The summed E-state index contributed by atoms with van der Waals surface area (Å²) in [4.78, 5) is 29.7. The van der Waals surface area contributed by atoms with Crippen LogP contribution in [0.1, 0.15) is 24.1 Å². The van der Waals surface area contributed by atoms with Crippen molar-refractivity contribution in [3.63, 3.8) is 0 Å². The van der Waals surface area contributed by atoms with E-state index in [0.717, 1.165) is 27.8 Å². The van der Waals surface area contributed by atoms with Gasteiger partial charge < -0.3 is 10.2 Å². The maximum Gasteiger partial charge on any atom is 0.433 e. The van der Waals surface area contributed by atoms with Gasteiger partial charge in [-0.15, -0.1) is 5.10 Å². The van der Waals surface area contributed by atoms with E-state index in [9.17, 15) is 22.8 Å². The average Bonchev–Trinajstić information content (AvgIpc) is 3.33. The molecule has 1 aliphatic heterocycles. The summed E-state index contributed by atoms with van der Waals surface area (Å²) < 4.78 is 39.6. The summed E-state index contributed by atoms with van der Waals surface area (Å²) in [5.74, 6) is -0.193. The lowest BCUT2D eigenvalue weighted by Gasteiger charge is -2.22. The molecular formula is C18H16F3N5O2S. The highest BCUT2D eigenvalue weighted by molar-refractivity contribution is 7.20. The summed E-state index contributed by atoms with van der Waals surface area (Å²) >= 11 is 0.861. The lowest BCUT2D eigenvalue weighted by atomic mass is 10.2. The second-order valence-electron chi connectivity index (χ2n) is 6.61. The molecule has 4 rings (SSSR count). The Morgan fingerprint density at radius 2 is 2.03 bits per heavy atom. The number of rotatable bonds is 4. The first-order valence-electron chi connectivity index (χ1n) is 8.89. The molecule has 3 aromatic rings. The minimum absolute atomic E-state index is 0.157. The molecule has 1 fully saturated rings. The minimum Gasteiger partial charge on any atom is -0.350 e. The Bertz CT molecular complexity index is 1100. The molecule has 0 spiro atoms. The van der Waals surface area contributed by atoms with Gasteiger partial charge in [0.05, 0.1) is 0 Å². The summed E-state index contributed by atoms with van der Waals surface area (Å²) in [7, 11) is 0.